The number of pyridine rings is 1. The SMILES string of the molecule is CN(Cc1ccc(F)cc1)c1cccc(C(N)=S)n1. The Kier molecular flexibility index (Phi) is 4.06. The van der Waals surface area contributed by atoms with E-state index in [1.54, 1.807) is 18.2 Å². The summed E-state index contributed by atoms with van der Waals surface area (Å²) in [5, 5.41) is 0. The van der Waals surface area contributed by atoms with Gasteiger partial charge >= 0.3 is 0 Å². The fourth-order valence-electron chi connectivity index (χ4n) is 1.72. The molecule has 0 saturated carbocycles. The summed E-state index contributed by atoms with van der Waals surface area (Å²) < 4.78 is 12.8. The van der Waals surface area contributed by atoms with Gasteiger partial charge in [0.1, 0.15) is 16.6 Å². The molecule has 5 heteroatoms. The van der Waals surface area contributed by atoms with Gasteiger partial charge in [-0.3, -0.25) is 0 Å². The highest BCUT2D eigenvalue weighted by Gasteiger charge is 2.06. The minimum atomic E-state index is -0.236. The van der Waals surface area contributed by atoms with E-state index in [0.717, 1.165) is 11.4 Å². The molecule has 2 rings (SSSR count). The molecule has 1 aromatic heterocycles. The van der Waals surface area contributed by atoms with Crippen LogP contribution < -0.4 is 10.6 Å². The zero-order valence-electron chi connectivity index (χ0n) is 10.5. The maximum Gasteiger partial charge on any atom is 0.129 e. The van der Waals surface area contributed by atoms with E-state index in [9.17, 15) is 4.39 Å². The summed E-state index contributed by atoms with van der Waals surface area (Å²) in [7, 11) is 1.91. The highest BCUT2D eigenvalue weighted by molar-refractivity contribution is 7.80. The number of aromatic nitrogens is 1. The van der Waals surface area contributed by atoms with Crippen LogP contribution in [0.25, 0.3) is 0 Å². The number of hydrogen-bond acceptors (Lipinski definition) is 3. The molecule has 0 aliphatic carbocycles. The summed E-state index contributed by atoms with van der Waals surface area (Å²) in [5.74, 6) is 0.537. The second-order valence-electron chi connectivity index (χ2n) is 4.23. The monoisotopic (exact) mass is 275 g/mol. The van der Waals surface area contributed by atoms with Crippen molar-refractivity contribution in [2.24, 2.45) is 5.73 Å². The van der Waals surface area contributed by atoms with Crippen LogP contribution >= 0.6 is 12.2 Å². The Morgan fingerprint density at radius 1 is 1.26 bits per heavy atom. The van der Waals surface area contributed by atoms with Crippen LogP contribution in [0.4, 0.5) is 10.2 Å². The zero-order valence-corrected chi connectivity index (χ0v) is 11.3. The summed E-state index contributed by atoms with van der Waals surface area (Å²) in [5.41, 5.74) is 7.16. The molecule has 0 bridgehead atoms. The van der Waals surface area contributed by atoms with Gasteiger partial charge in [-0.25, -0.2) is 9.37 Å². The molecular weight excluding hydrogens is 261 g/mol. The lowest BCUT2D eigenvalue weighted by Gasteiger charge is -2.18. The van der Waals surface area contributed by atoms with E-state index in [0.29, 0.717) is 12.2 Å². The molecule has 0 aliphatic heterocycles. The fraction of sp³-hybridized carbons (Fsp3) is 0.143. The Labute approximate surface area is 116 Å². The Balaban J connectivity index is 2.15. The van der Waals surface area contributed by atoms with E-state index in [1.165, 1.54) is 12.1 Å². The first-order chi connectivity index (χ1) is 9.06. The van der Waals surface area contributed by atoms with Gasteiger partial charge in [0.15, 0.2) is 0 Å². The largest absolute Gasteiger partial charge is 0.388 e. The predicted molar refractivity (Wildman–Crippen MR) is 78.6 cm³/mol. The molecule has 3 nitrogen and oxygen atoms in total. The van der Waals surface area contributed by atoms with Crippen molar-refractivity contribution in [2.45, 2.75) is 6.54 Å². The highest BCUT2D eigenvalue weighted by atomic mass is 32.1. The number of rotatable bonds is 4. The smallest absolute Gasteiger partial charge is 0.129 e. The minimum Gasteiger partial charge on any atom is -0.388 e. The van der Waals surface area contributed by atoms with Crippen LogP contribution in [0.3, 0.4) is 0 Å². The number of nitrogens with zero attached hydrogens (tertiary/aromatic N) is 2. The Morgan fingerprint density at radius 2 is 1.95 bits per heavy atom. The molecule has 0 spiro atoms. The lowest BCUT2D eigenvalue weighted by molar-refractivity contribution is 0.627. The van der Waals surface area contributed by atoms with Crippen LogP contribution in [0, 0.1) is 5.82 Å². The van der Waals surface area contributed by atoms with Crippen molar-refractivity contribution in [2.75, 3.05) is 11.9 Å². The number of thiocarbonyl (C=S) groups is 1. The van der Waals surface area contributed by atoms with Crippen molar-refractivity contribution in [3.05, 3.63) is 59.5 Å². The van der Waals surface area contributed by atoms with E-state index in [1.807, 2.05) is 24.1 Å². The molecule has 1 heterocycles. The zero-order chi connectivity index (χ0) is 13.8. The van der Waals surface area contributed by atoms with Crippen LogP contribution in [-0.4, -0.2) is 17.0 Å². The molecule has 2 N–H and O–H groups in total. The molecule has 19 heavy (non-hydrogen) atoms. The number of anilines is 1. The first-order valence-corrected chi connectivity index (χ1v) is 6.19. The third-order valence-electron chi connectivity index (χ3n) is 2.71. The van der Waals surface area contributed by atoms with Crippen molar-refractivity contribution >= 4 is 23.0 Å². The quantitative estimate of drug-likeness (QED) is 0.871. The van der Waals surface area contributed by atoms with Crippen LogP contribution in [0.5, 0.6) is 0 Å². The van der Waals surface area contributed by atoms with Crippen LogP contribution in [0.1, 0.15) is 11.3 Å². The summed E-state index contributed by atoms with van der Waals surface area (Å²) in [6.07, 6.45) is 0. The molecule has 2 aromatic rings. The van der Waals surface area contributed by atoms with Crippen molar-refractivity contribution in [1.29, 1.82) is 0 Å². The van der Waals surface area contributed by atoms with Gasteiger partial charge in [0, 0.05) is 13.6 Å². The molecule has 1 aromatic carbocycles. The number of nitrogens with two attached hydrogens (primary N) is 1. The van der Waals surface area contributed by atoms with Gasteiger partial charge in [-0.2, -0.15) is 0 Å². The molecule has 0 saturated heterocycles. The first-order valence-electron chi connectivity index (χ1n) is 5.78. The standard InChI is InChI=1S/C14H14FN3S/c1-18(9-10-5-7-11(15)8-6-10)13-4-2-3-12(17-13)14(16)19/h2-8H,9H2,1H3,(H2,16,19). The van der Waals surface area contributed by atoms with Crippen molar-refractivity contribution in [1.82, 2.24) is 4.98 Å². The van der Waals surface area contributed by atoms with Crippen molar-refractivity contribution in [3.8, 4) is 0 Å². The summed E-state index contributed by atoms with van der Waals surface area (Å²) in [4.78, 5) is 6.60. The second-order valence-corrected chi connectivity index (χ2v) is 4.67. The van der Waals surface area contributed by atoms with Gasteiger partial charge in [-0.15, -0.1) is 0 Å². The number of benzene rings is 1. The summed E-state index contributed by atoms with van der Waals surface area (Å²) >= 11 is 4.91. The molecule has 0 amide bonds. The van der Waals surface area contributed by atoms with E-state index in [-0.39, 0.29) is 10.8 Å². The number of halogens is 1. The van der Waals surface area contributed by atoms with Gasteiger partial charge in [-0.05, 0) is 29.8 Å². The Morgan fingerprint density at radius 3 is 2.58 bits per heavy atom. The summed E-state index contributed by atoms with van der Waals surface area (Å²) in [6, 6.07) is 11.9. The Hall–Kier alpha value is -2.01. The molecule has 0 fully saturated rings. The maximum atomic E-state index is 12.8. The third kappa shape index (κ3) is 3.48. The first kappa shape index (κ1) is 13.4. The van der Waals surface area contributed by atoms with Gasteiger partial charge < -0.3 is 10.6 Å². The molecule has 0 aliphatic rings. The topological polar surface area (TPSA) is 42.1 Å². The van der Waals surface area contributed by atoms with Crippen molar-refractivity contribution < 1.29 is 4.39 Å². The van der Waals surface area contributed by atoms with E-state index in [2.05, 4.69) is 4.98 Å². The lowest BCUT2D eigenvalue weighted by atomic mass is 10.2. The third-order valence-corrected chi connectivity index (χ3v) is 2.92. The maximum absolute atomic E-state index is 12.8. The van der Waals surface area contributed by atoms with Crippen molar-refractivity contribution in [3.63, 3.8) is 0 Å². The van der Waals surface area contributed by atoms with E-state index in [4.69, 9.17) is 18.0 Å². The average molecular weight is 275 g/mol. The van der Waals surface area contributed by atoms with Gasteiger partial charge in [0.2, 0.25) is 0 Å². The molecule has 0 atom stereocenters. The van der Waals surface area contributed by atoms with Crippen LogP contribution in [0.2, 0.25) is 0 Å². The molecular formula is C14H14FN3S. The molecule has 0 radical (unpaired) electrons. The van der Waals surface area contributed by atoms with Gasteiger partial charge in [0.05, 0.1) is 5.69 Å². The normalized spacial score (nSPS) is 10.2. The van der Waals surface area contributed by atoms with E-state index < -0.39 is 0 Å². The predicted octanol–water partition coefficient (Wildman–Crippen LogP) is 2.49. The average Bonchev–Trinajstić information content (AvgIpc) is 2.41. The van der Waals surface area contributed by atoms with Gasteiger partial charge in [-0.1, -0.05) is 30.4 Å². The highest BCUT2D eigenvalue weighted by Crippen LogP contribution is 2.13. The molecule has 98 valence electrons. The van der Waals surface area contributed by atoms with Gasteiger partial charge in [0.25, 0.3) is 0 Å². The second kappa shape index (κ2) is 5.75. The van der Waals surface area contributed by atoms with E-state index >= 15 is 0 Å². The minimum absolute atomic E-state index is 0.236. The lowest BCUT2D eigenvalue weighted by Crippen LogP contribution is -2.20. The fourth-order valence-corrected chi connectivity index (χ4v) is 1.83. The molecule has 0 unspecified atom stereocenters. The number of hydrogen-bond donors (Lipinski definition) is 1. The Bertz CT molecular complexity index is 583. The van der Waals surface area contributed by atoms with Crippen LogP contribution in [-0.2, 0) is 6.54 Å². The van der Waals surface area contributed by atoms with Crippen LogP contribution in [0.15, 0.2) is 42.5 Å². The summed E-state index contributed by atoms with van der Waals surface area (Å²) in [6.45, 7) is 0.633.